The molecule has 0 amide bonds. The molecule has 0 bridgehead atoms. The standard InChI is InChI=1S/C32H37N3O6/c1-6-8-9-10-31(36)41-33-32(26-14-13-25(17-21(26)3)40-22(4)20-39-5)23-11-15-29-27(18-23)28-19-24(35(37)38)12-16-30(28)34(29)7-2/h11-19,22H,6-10,20H2,1-5H3/b33-32-. The maximum absolute atomic E-state index is 12.5. The van der Waals surface area contributed by atoms with Gasteiger partial charge < -0.3 is 18.9 Å². The van der Waals surface area contributed by atoms with E-state index < -0.39 is 0 Å². The van der Waals surface area contributed by atoms with Crippen molar-refractivity contribution in [2.24, 2.45) is 5.16 Å². The van der Waals surface area contributed by atoms with Crippen LogP contribution in [0.4, 0.5) is 5.69 Å². The Labute approximate surface area is 239 Å². The minimum atomic E-state index is -0.388. The second-order valence-corrected chi connectivity index (χ2v) is 10.2. The second kappa shape index (κ2) is 13.4. The highest BCUT2D eigenvalue weighted by Crippen LogP contribution is 2.33. The van der Waals surface area contributed by atoms with Crippen molar-refractivity contribution in [1.82, 2.24) is 4.57 Å². The van der Waals surface area contributed by atoms with Crippen LogP contribution in [0.2, 0.25) is 0 Å². The van der Waals surface area contributed by atoms with Crippen LogP contribution in [-0.2, 0) is 20.9 Å². The van der Waals surface area contributed by atoms with Gasteiger partial charge in [-0.15, -0.1) is 0 Å². The number of nitrogens with zero attached hydrogens (tertiary/aromatic N) is 3. The molecule has 3 aromatic carbocycles. The highest BCUT2D eigenvalue weighted by Gasteiger charge is 2.19. The maximum Gasteiger partial charge on any atom is 0.335 e. The summed E-state index contributed by atoms with van der Waals surface area (Å²) in [6.07, 6.45) is 2.86. The number of unbranched alkanes of at least 4 members (excludes halogenated alkanes) is 2. The van der Waals surface area contributed by atoms with E-state index in [0.29, 0.717) is 31.0 Å². The molecule has 0 N–H and O–H groups in total. The molecular weight excluding hydrogens is 522 g/mol. The molecular formula is C32H37N3O6. The second-order valence-electron chi connectivity index (χ2n) is 10.2. The van der Waals surface area contributed by atoms with Crippen LogP contribution in [0.3, 0.4) is 0 Å². The fraction of sp³-hybridized carbons (Fsp3) is 0.375. The topological polar surface area (TPSA) is 105 Å². The van der Waals surface area contributed by atoms with Gasteiger partial charge in [-0.2, -0.15) is 0 Å². The van der Waals surface area contributed by atoms with E-state index in [0.717, 1.165) is 57.8 Å². The zero-order valence-electron chi connectivity index (χ0n) is 24.3. The molecule has 1 heterocycles. The van der Waals surface area contributed by atoms with Crippen molar-refractivity contribution >= 4 is 39.2 Å². The average Bonchev–Trinajstić information content (AvgIpc) is 3.26. The van der Waals surface area contributed by atoms with Crippen LogP contribution in [0.5, 0.6) is 5.75 Å². The van der Waals surface area contributed by atoms with Gasteiger partial charge in [0.15, 0.2) is 0 Å². The summed E-state index contributed by atoms with van der Waals surface area (Å²) in [5, 5.41) is 17.6. The summed E-state index contributed by atoms with van der Waals surface area (Å²) in [5.41, 5.74) is 4.78. The van der Waals surface area contributed by atoms with Gasteiger partial charge in [0.2, 0.25) is 0 Å². The normalized spacial score (nSPS) is 12.6. The third kappa shape index (κ3) is 6.74. The number of ether oxygens (including phenoxy) is 2. The number of non-ortho nitro benzene ring substituents is 1. The summed E-state index contributed by atoms with van der Waals surface area (Å²) >= 11 is 0. The van der Waals surface area contributed by atoms with Crippen LogP contribution in [0.15, 0.2) is 59.8 Å². The van der Waals surface area contributed by atoms with E-state index in [1.165, 1.54) is 6.07 Å². The first-order chi connectivity index (χ1) is 19.8. The summed E-state index contributed by atoms with van der Waals surface area (Å²) in [5.74, 6) is 0.307. The molecule has 4 rings (SSSR count). The minimum Gasteiger partial charge on any atom is -0.488 e. The number of hydrogen-bond acceptors (Lipinski definition) is 7. The van der Waals surface area contributed by atoms with Gasteiger partial charge in [0, 0.05) is 65.1 Å². The van der Waals surface area contributed by atoms with Crippen LogP contribution in [-0.4, -0.2) is 41.0 Å². The Morgan fingerprint density at radius 1 is 1.02 bits per heavy atom. The molecule has 0 radical (unpaired) electrons. The predicted octanol–water partition coefficient (Wildman–Crippen LogP) is 7.32. The largest absolute Gasteiger partial charge is 0.488 e. The summed E-state index contributed by atoms with van der Waals surface area (Å²) < 4.78 is 13.3. The smallest absolute Gasteiger partial charge is 0.335 e. The minimum absolute atomic E-state index is 0.0297. The molecule has 9 heteroatoms. The van der Waals surface area contributed by atoms with Gasteiger partial charge in [-0.3, -0.25) is 10.1 Å². The van der Waals surface area contributed by atoms with Crippen LogP contribution < -0.4 is 4.74 Å². The number of carbonyl (C=O) groups excluding carboxylic acids is 1. The quantitative estimate of drug-likeness (QED) is 0.0559. The Bertz CT molecular complexity index is 1590. The number of rotatable bonds is 13. The molecule has 9 nitrogen and oxygen atoms in total. The number of nitro benzene ring substituents is 1. The van der Waals surface area contributed by atoms with Crippen LogP contribution >= 0.6 is 0 Å². The van der Waals surface area contributed by atoms with Gasteiger partial charge in [0.25, 0.3) is 5.69 Å². The van der Waals surface area contributed by atoms with Gasteiger partial charge >= 0.3 is 5.97 Å². The number of oxime groups is 1. The van der Waals surface area contributed by atoms with Crippen molar-refractivity contribution in [3.8, 4) is 5.75 Å². The maximum atomic E-state index is 12.5. The summed E-state index contributed by atoms with van der Waals surface area (Å²) in [6, 6.07) is 16.5. The van der Waals surface area contributed by atoms with Crippen molar-refractivity contribution in [3.05, 3.63) is 81.4 Å². The number of benzene rings is 3. The van der Waals surface area contributed by atoms with E-state index in [9.17, 15) is 14.9 Å². The zero-order chi connectivity index (χ0) is 29.5. The Morgan fingerprint density at radius 2 is 1.76 bits per heavy atom. The zero-order valence-corrected chi connectivity index (χ0v) is 24.3. The Morgan fingerprint density at radius 3 is 2.41 bits per heavy atom. The van der Waals surface area contributed by atoms with Crippen molar-refractivity contribution in [1.29, 1.82) is 0 Å². The molecule has 1 aromatic heterocycles. The average molecular weight is 560 g/mol. The number of carbonyl (C=O) groups is 1. The van der Waals surface area contributed by atoms with Gasteiger partial charge in [-0.25, -0.2) is 4.79 Å². The Kier molecular flexibility index (Phi) is 9.73. The monoisotopic (exact) mass is 559 g/mol. The molecule has 0 fully saturated rings. The predicted molar refractivity (Wildman–Crippen MR) is 161 cm³/mol. The lowest BCUT2D eigenvalue weighted by Gasteiger charge is -2.16. The highest BCUT2D eigenvalue weighted by atomic mass is 16.7. The van der Waals surface area contributed by atoms with Crippen molar-refractivity contribution in [2.75, 3.05) is 13.7 Å². The summed E-state index contributed by atoms with van der Waals surface area (Å²) in [7, 11) is 1.63. The molecule has 1 unspecified atom stereocenters. The lowest BCUT2D eigenvalue weighted by molar-refractivity contribution is -0.384. The Hall–Kier alpha value is -4.24. The fourth-order valence-electron chi connectivity index (χ4n) is 5.09. The molecule has 4 aromatic rings. The van der Waals surface area contributed by atoms with Gasteiger partial charge in [-0.05, 0) is 69.2 Å². The number of methoxy groups -OCH3 is 1. The molecule has 0 aliphatic rings. The number of nitro groups is 1. The first kappa shape index (κ1) is 29.7. The number of hydrogen-bond donors (Lipinski definition) is 0. The van der Waals surface area contributed by atoms with Gasteiger partial charge in [-0.1, -0.05) is 31.0 Å². The van der Waals surface area contributed by atoms with Gasteiger partial charge in [0.05, 0.1) is 11.5 Å². The first-order valence-electron chi connectivity index (χ1n) is 14.0. The lowest BCUT2D eigenvalue weighted by atomic mass is 9.96. The molecule has 216 valence electrons. The first-order valence-corrected chi connectivity index (χ1v) is 14.0. The SMILES string of the molecule is CCCCCC(=O)O/N=C(/c1ccc2c(c1)c1cc([N+](=O)[O-])ccc1n2CC)c1ccc(OC(C)COC)cc1C. The summed E-state index contributed by atoms with van der Waals surface area (Å²) in [6.45, 7) is 9.17. The molecule has 41 heavy (non-hydrogen) atoms. The van der Waals surface area contributed by atoms with E-state index in [-0.39, 0.29) is 22.7 Å². The number of aromatic nitrogens is 1. The van der Waals surface area contributed by atoms with Gasteiger partial charge in [0.1, 0.15) is 17.6 Å². The van der Waals surface area contributed by atoms with Crippen LogP contribution in [0.1, 0.15) is 63.1 Å². The van der Waals surface area contributed by atoms with Crippen LogP contribution in [0, 0.1) is 17.0 Å². The van der Waals surface area contributed by atoms with E-state index >= 15 is 0 Å². The van der Waals surface area contributed by atoms with E-state index in [4.69, 9.17) is 14.3 Å². The van der Waals surface area contributed by atoms with E-state index in [1.807, 2.05) is 57.2 Å². The number of aryl methyl sites for hydroxylation is 2. The van der Waals surface area contributed by atoms with Crippen molar-refractivity contribution in [3.63, 3.8) is 0 Å². The molecule has 0 aliphatic carbocycles. The Balaban J connectivity index is 1.82. The third-order valence-corrected chi connectivity index (χ3v) is 7.06. The van der Waals surface area contributed by atoms with E-state index in [1.54, 1.807) is 19.2 Å². The molecule has 0 saturated heterocycles. The third-order valence-electron chi connectivity index (χ3n) is 7.06. The van der Waals surface area contributed by atoms with Crippen molar-refractivity contribution in [2.45, 2.75) is 66.0 Å². The fourth-order valence-corrected chi connectivity index (χ4v) is 5.09. The lowest BCUT2D eigenvalue weighted by Crippen LogP contribution is -2.18. The van der Waals surface area contributed by atoms with E-state index in [2.05, 4.69) is 16.6 Å². The highest BCUT2D eigenvalue weighted by molar-refractivity contribution is 6.17. The number of fused-ring (bicyclic) bond motifs is 3. The molecule has 1 atom stereocenters. The van der Waals surface area contributed by atoms with Crippen molar-refractivity contribution < 1.29 is 24.0 Å². The van der Waals surface area contributed by atoms with Crippen LogP contribution in [0.25, 0.3) is 21.8 Å². The molecule has 0 aliphatic heterocycles. The summed E-state index contributed by atoms with van der Waals surface area (Å²) in [4.78, 5) is 29.1. The molecule has 0 saturated carbocycles. The molecule has 0 spiro atoms.